The lowest BCUT2D eigenvalue weighted by molar-refractivity contribution is -0.143. The molecule has 1 unspecified atom stereocenters. The standard InChI is InChI=1S/C15H17N3O6/c1-24-8-11(15(22)23)16-12(19)6-7-18-14(21)10-5-3-2-4-9(10)13(20)17-18/h2-5,11H,6-8H2,1H3,(H,16,19)(H,17,20)(H,22,23). The van der Waals surface area contributed by atoms with Crippen LogP contribution in [-0.4, -0.2) is 46.5 Å². The Labute approximate surface area is 135 Å². The molecule has 128 valence electrons. The molecule has 9 nitrogen and oxygen atoms in total. The van der Waals surface area contributed by atoms with Crippen LogP contribution >= 0.6 is 0 Å². The maximum atomic E-state index is 12.3. The lowest BCUT2D eigenvalue weighted by Gasteiger charge is -2.13. The van der Waals surface area contributed by atoms with Crippen LogP contribution in [0.25, 0.3) is 10.8 Å². The monoisotopic (exact) mass is 335 g/mol. The number of rotatable bonds is 7. The van der Waals surface area contributed by atoms with Crippen molar-refractivity contribution in [3.05, 3.63) is 45.0 Å². The van der Waals surface area contributed by atoms with Gasteiger partial charge < -0.3 is 15.2 Å². The van der Waals surface area contributed by atoms with Gasteiger partial charge >= 0.3 is 5.97 Å². The molecule has 1 aromatic heterocycles. The molecule has 1 aromatic carbocycles. The van der Waals surface area contributed by atoms with Crippen LogP contribution in [0.1, 0.15) is 6.42 Å². The van der Waals surface area contributed by atoms with Gasteiger partial charge in [-0.05, 0) is 12.1 Å². The molecule has 2 rings (SSSR count). The molecular formula is C15H17N3O6. The molecule has 9 heteroatoms. The molecule has 0 spiro atoms. The molecule has 0 saturated heterocycles. The number of ether oxygens (including phenoxy) is 1. The van der Waals surface area contributed by atoms with Gasteiger partial charge in [0, 0.05) is 13.5 Å². The van der Waals surface area contributed by atoms with E-state index in [9.17, 15) is 19.2 Å². The van der Waals surface area contributed by atoms with Crippen molar-refractivity contribution in [1.82, 2.24) is 15.1 Å². The number of carboxylic acid groups (broad SMARTS) is 1. The van der Waals surface area contributed by atoms with Crippen LogP contribution in [0.5, 0.6) is 0 Å². The predicted molar refractivity (Wildman–Crippen MR) is 84.9 cm³/mol. The van der Waals surface area contributed by atoms with Crippen molar-refractivity contribution in [2.24, 2.45) is 0 Å². The fraction of sp³-hybridized carbons (Fsp3) is 0.333. The molecule has 1 amide bonds. The number of amides is 1. The second-order valence-electron chi connectivity index (χ2n) is 5.11. The molecule has 1 heterocycles. The molecule has 2 aromatic rings. The number of H-pyrrole nitrogens is 1. The Morgan fingerprint density at radius 2 is 1.96 bits per heavy atom. The largest absolute Gasteiger partial charge is 0.480 e. The fourth-order valence-electron chi connectivity index (χ4n) is 2.23. The molecule has 3 N–H and O–H groups in total. The van der Waals surface area contributed by atoms with E-state index in [0.29, 0.717) is 0 Å². The van der Waals surface area contributed by atoms with Crippen molar-refractivity contribution in [2.45, 2.75) is 19.0 Å². The highest BCUT2D eigenvalue weighted by Crippen LogP contribution is 2.02. The van der Waals surface area contributed by atoms with Crippen molar-refractivity contribution in [3.8, 4) is 0 Å². The average molecular weight is 335 g/mol. The number of carbonyl (C=O) groups excluding carboxylic acids is 1. The van der Waals surface area contributed by atoms with E-state index in [-0.39, 0.29) is 30.3 Å². The van der Waals surface area contributed by atoms with Crippen molar-refractivity contribution in [1.29, 1.82) is 0 Å². The third-order valence-corrected chi connectivity index (χ3v) is 3.41. The summed E-state index contributed by atoms with van der Waals surface area (Å²) in [7, 11) is 1.32. The maximum absolute atomic E-state index is 12.3. The van der Waals surface area contributed by atoms with Gasteiger partial charge in [0.25, 0.3) is 11.1 Å². The zero-order valence-corrected chi connectivity index (χ0v) is 12.9. The van der Waals surface area contributed by atoms with E-state index in [2.05, 4.69) is 10.4 Å². The molecule has 0 bridgehead atoms. The Kier molecular flexibility index (Phi) is 5.48. The minimum Gasteiger partial charge on any atom is -0.480 e. The number of fused-ring (bicyclic) bond motifs is 1. The zero-order valence-electron chi connectivity index (χ0n) is 12.9. The van der Waals surface area contributed by atoms with Gasteiger partial charge in [-0.1, -0.05) is 12.1 Å². The first-order valence-corrected chi connectivity index (χ1v) is 7.17. The fourth-order valence-corrected chi connectivity index (χ4v) is 2.23. The van der Waals surface area contributed by atoms with Gasteiger partial charge in [-0.3, -0.25) is 19.5 Å². The van der Waals surface area contributed by atoms with E-state index in [0.717, 1.165) is 4.68 Å². The van der Waals surface area contributed by atoms with E-state index in [4.69, 9.17) is 9.84 Å². The van der Waals surface area contributed by atoms with Crippen molar-refractivity contribution in [3.63, 3.8) is 0 Å². The van der Waals surface area contributed by atoms with Crippen LogP contribution in [-0.2, 0) is 20.9 Å². The summed E-state index contributed by atoms with van der Waals surface area (Å²) in [6.07, 6.45) is -0.165. The minimum absolute atomic E-state index is 0.0793. The third kappa shape index (κ3) is 3.87. The van der Waals surface area contributed by atoms with Crippen molar-refractivity contribution < 1.29 is 19.4 Å². The van der Waals surface area contributed by atoms with E-state index in [1.165, 1.54) is 19.2 Å². The Bertz CT molecular complexity index is 869. The number of hydrogen-bond acceptors (Lipinski definition) is 5. The zero-order chi connectivity index (χ0) is 17.7. The molecule has 24 heavy (non-hydrogen) atoms. The molecular weight excluding hydrogens is 318 g/mol. The SMILES string of the molecule is COCC(NC(=O)CCn1[nH]c(=O)c2ccccc2c1=O)C(=O)O. The number of aromatic amines is 1. The molecule has 0 aliphatic rings. The van der Waals surface area contributed by atoms with Crippen LogP contribution in [0.15, 0.2) is 33.9 Å². The second-order valence-corrected chi connectivity index (χ2v) is 5.11. The average Bonchev–Trinajstić information content (AvgIpc) is 2.56. The number of methoxy groups -OCH3 is 1. The van der Waals surface area contributed by atoms with Crippen LogP contribution in [0, 0.1) is 0 Å². The Hall–Kier alpha value is -2.94. The van der Waals surface area contributed by atoms with Gasteiger partial charge in [0.05, 0.1) is 23.9 Å². The number of carbonyl (C=O) groups is 2. The summed E-state index contributed by atoms with van der Waals surface area (Å²) in [5.74, 6) is -1.79. The molecule has 0 fully saturated rings. The summed E-state index contributed by atoms with van der Waals surface area (Å²) < 4.78 is 5.75. The van der Waals surface area contributed by atoms with Gasteiger partial charge in [-0.25, -0.2) is 9.48 Å². The quantitative estimate of drug-likeness (QED) is 0.613. The second kappa shape index (κ2) is 7.55. The number of carboxylic acids is 1. The highest BCUT2D eigenvalue weighted by atomic mass is 16.5. The Morgan fingerprint density at radius 1 is 1.29 bits per heavy atom. The Balaban J connectivity index is 2.12. The number of aromatic nitrogens is 2. The number of benzene rings is 1. The number of nitrogens with one attached hydrogen (secondary N) is 2. The lowest BCUT2D eigenvalue weighted by Crippen LogP contribution is -2.44. The van der Waals surface area contributed by atoms with Crippen LogP contribution < -0.4 is 16.4 Å². The Morgan fingerprint density at radius 3 is 2.58 bits per heavy atom. The highest BCUT2D eigenvalue weighted by molar-refractivity contribution is 5.83. The molecule has 0 aliphatic carbocycles. The van der Waals surface area contributed by atoms with E-state index < -0.39 is 29.0 Å². The predicted octanol–water partition coefficient (Wildman–Crippen LogP) is -0.704. The van der Waals surface area contributed by atoms with Gasteiger partial charge in [0.15, 0.2) is 6.04 Å². The number of hydrogen-bond donors (Lipinski definition) is 3. The molecule has 0 saturated carbocycles. The first kappa shape index (κ1) is 17.4. The smallest absolute Gasteiger partial charge is 0.328 e. The van der Waals surface area contributed by atoms with E-state index >= 15 is 0 Å². The van der Waals surface area contributed by atoms with E-state index in [1.54, 1.807) is 12.1 Å². The maximum Gasteiger partial charge on any atom is 0.328 e. The molecule has 0 radical (unpaired) electrons. The third-order valence-electron chi connectivity index (χ3n) is 3.41. The number of aliphatic carboxylic acids is 1. The number of aryl methyl sites for hydroxylation is 1. The van der Waals surface area contributed by atoms with Gasteiger partial charge in [-0.15, -0.1) is 0 Å². The van der Waals surface area contributed by atoms with Gasteiger partial charge in [0.1, 0.15) is 0 Å². The van der Waals surface area contributed by atoms with Crippen molar-refractivity contribution in [2.75, 3.05) is 13.7 Å². The summed E-state index contributed by atoms with van der Waals surface area (Å²) in [5, 5.41) is 14.2. The summed E-state index contributed by atoms with van der Waals surface area (Å²) in [6, 6.07) is 5.19. The summed E-state index contributed by atoms with van der Waals surface area (Å²) in [6.45, 7) is -0.252. The summed E-state index contributed by atoms with van der Waals surface area (Å²) >= 11 is 0. The van der Waals surface area contributed by atoms with Gasteiger partial charge in [-0.2, -0.15) is 0 Å². The first-order chi connectivity index (χ1) is 11.4. The molecule has 0 aliphatic heterocycles. The topological polar surface area (TPSA) is 130 Å². The van der Waals surface area contributed by atoms with Gasteiger partial charge in [0.2, 0.25) is 5.91 Å². The normalized spacial score (nSPS) is 12.0. The van der Waals surface area contributed by atoms with Crippen LogP contribution in [0.2, 0.25) is 0 Å². The van der Waals surface area contributed by atoms with Crippen LogP contribution in [0.3, 0.4) is 0 Å². The lowest BCUT2D eigenvalue weighted by atomic mass is 10.2. The number of nitrogens with zero attached hydrogens (tertiary/aromatic N) is 1. The van der Waals surface area contributed by atoms with Crippen molar-refractivity contribution >= 4 is 22.6 Å². The first-order valence-electron chi connectivity index (χ1n) is 7.17. The molecule has 1 atom stereocenters. The van der Waals surface area contributed by atoms with Crippen LogP contribution in [0.4, 0.5) is 0 Å². The van der Waals surface area contributed by atoms with E-state index in [1.807, 2.05) is 0 Å². The summed E-state index contributed by atoms with van der Waals surface area (Å²) in [5.41, 5.74) is -0.863. The summed E-state index contributed by atoms with van der Waals surface area (Å²) in [4.78, 5) is 47.0. The highest BCUT2D eigenvalue weighted by Gasteiger charge is 2.19. The minimum atomic E-state index is -1.22.